The van der Waals surface area contributed by atoms with Crippen LogP contribution in [-0.4, -0.2) is 99.7 Å². The topological polar surface area (TPSA) is 160 Å². The van der Waals surface area contributed by atoms with Crippen molar-refractivity contribution in [2.75, 3.05) is 37.5 Å². The summed E-state index contributed by atoms with van der Waals surface area (Å²) in [5.41, 5.74) is -2.68. The van der Waals surface area contributed by atoms with Crippen LogP contribution in [0.5, 0.6) is 0 Å². The summed E-state index contributed by atoms with van der Waals surface area (Å²) < 4.78 is 14.0. The molecule has 164 valence electrons. The second kappa shape index (κ2) is 14.2. The van der Waals surface area contributed by atoms with Crippen LogP contribution in [0.4, 0.5) is 0 Å². The largest absolute Gasteiger partial charge is 0.463 e. The van der Waals surface area contributed by atoms with E-state index in [0.717, 1.165) is 0 Å². The second-order valence-electron chi connectivity index (χ2n) is 5.77. The molecule has 0 aliphatic rings. The molecule has 0 saturated heterocycles. The Morgan fingerprint density at radius 1 is 0.714 bits per heavy atom. The molecule has 3 atom stereocenters. The number of hydrogen-bond donors (Lipinski definition) is 4. The first-order chi connectivity index (χ1) is 13.1. The lowest BCUT2D eigenvalue weighted by Gasteiger charge is -2.25. The molecule has 0 aliphatic heterocycles. The Hall–Kier alpha value is -0.880. The van der Waals surface area contributed by atoms with Crippen LogP contribution in [0, 0.1) is 0 Å². The van der Waals surface area contributed by atoms with Crippen LogP contribution >= 0.6 is 34.8 Å². The van der Waals surface area contributed by atoms with E-state index in [2.05, 4.69) is 14.2 Å². The van der Waals surface area contributed by atoms with Crippen molar-refractivity contribution in [2.24, 2.45) is 0 Å². The highest BCUT2D eigenvalue weighted by Crippen LogP contribution is 2.20. The van der Waals surface area contributed by atoms with Gasteiger partial charge in [0.15, 0.2) is 5.60 Å². The summed E-state index contributed by atoms with van der Waals surface area (Å²) >= 11 is 16.1. The molecule has 0 aromatic rings. The van der Waals surface area contributed by atoms with Gasteiger partial charge in [-0.15, -0.1) is 34.8 Å². The van der Waals surface area contributed by atoms with Gasteiger partial charge in [-0.1, -0.05) is 0 Å². The highest BCUT2D eigenvalue weighted by Gasteiger charge is 2.43. The van der Waals surface area contributed by atoms with E-state index in [1.165, 1.54) is 0 Å². The molecule has 0 heterocycles. The fraction of sp³-hybridized carbons (Fsp3) is 0.800. The molecule has 4 N–H and O–H groups in total. The second-order valence-corrected chi connectivity index (χ2v) is 6.70. The number of halogens is 3. The van der Waals surface area contributed by atoms with Crippen molar-refractivity contribution in [1.82, 2.24) is 0 Å². The molecule has 0 aliphatic carbocycles. The Morgan fingerprint density at radius 3 is 1.36 bits per heavy atom. The van der Waals surface area contributed by atoms with Gasteiger partial charge in [-0.2, -0.15) is 0 Å². The number of ether oxygens (including phenoxy) is 3. The first-order valence-corrected chi connectivity index (χ1v) is 9.61. The summed E-state index contributed by atoms with van der Waals surface area (Å²) in [5, 5.41) is 38.3. The minimum atomic E-state index is -2.68. The zero-order valence-corrected chi connectivity index (χ0v) is 17.0. The van der Waals surface area contributed by atoms with Crippen molar-refractivity contribution < 1.29 is 49.0 Å². The number of carbonyl (C=O) groups is 3. The molecule has 0 fully saturated rings. The Kier molecular flexibility index (Phi) is 13.7. The molecular formula is C15H23Cl3O10. The molecule has 3 unspecified atom stereocenters. The summed E-state index contributed by atoms with van der Waals surface area (Å²) in [4.78, 5) is 35.9. The third-order valence-corrected chi connectivity index (χ3v) is 4.14. The predicted molar refractivity (Wildman–Crippen MR) is 97.2 cm³/mol. The number of alkyl halides is 3. The van der Waals surface area contributed by atoms with Gasteiger partial charge in [0.2, 0.25) is 0 Å². The van der Waals surface area contributed by atoms with Crippen molar-refractivity contribution in [1.29, 1.82) is 0 Å². The smallest absolute Gasteiger partial charge is 0.339 e. The number of esters is 3. The maximum absolute atomic E-state index is 12.2. The first kappa shape index (κ1) is 27.1. The maximum Gasteiger partial charge on any atom is 0.339 e. The van der Waals surface area contributed by atoms with Crippen LogP contribution in [0.3, 0.4) is 0 Å². The van der Waals surface area contributed by atoms with Crippen molar-refractivity contribution in [3.05, 3.63) is 0 Å². The molecule has 0 bridgehead atoms. The van der Waals surface area contributed by atoms with E-state index in [0.29, 0.717) is 0 Å². The third kappa shape index (κ3) is 11.2. The highest BCUT2D eigenvalue weighted by molar-refractivity contribution is 6.18. The molecule has 0 saturated carbocycles. The summed E-state index contributed by atoms with van der Waals surface area (Å²) in [7, 11) is 0. The van der Waals surface area contributed by atoms with Crippen LogP contribution < -0.4 is 0 Å². The van der Waals surface area contributed by atoms with E-state index in [1.807, 2.05) is 0 Å². The van der Waals surface area contributed by atoms with E-state index in [-0.39, 0.29) is 17.6 Å². The number of aliphatic hydroxyl groups is 4. The molecule has 0 amide bonds. The number of hydrogen-bond acceptors (Lipinski definition) is 10. The van der Waals surface area contributed by atoms with Crippen molar-refractivity contribution in [2.45, 2.75) is 36.8 Å². The van der Waals surface area contributed by atoms with Gasteiger partial charge >= 0.3 is 17.9 Å². The van der Waals surface area contributed by atoms with E-state index >= 15 is 0 Å². The van der Waals surface area contributed by atoms with Gasteiger partial charge in [0.05, 0.1) is 30.5 Å². The van der Waals surface area contributed by atoms with E-state index in [4.69, 9.17) is 34.8 Å². The molecule has 13 heteroatoms. The van der Waals surface area contributed by atoms with Gasteiger partial charge in [-0.05, 0) is 0 Å². The lowest BCUT2D eigenvalue weighted by Crippen LogP contribution is -2.46. The molecule has 10 nitrogen and oxygen atoms in total. The Bertz CT molecular complexity index is 476. The van der Waals surface area contributed by atoms with Crippen LogP contribution in [0.25, 0.3) is 0 Å². The molecule has 0 rings (SSSR count). The average Bonchev–Trinajstić information content (AvgIpc) is 2.67. The standard InChI is InChI=1S/C15H23Cl3O10/c16-3-9(19)6-26-12(22)1-15(25,14(24)28-8-11(21)5-18)2-13(23)27-7-10(20)4-17/h9-11,19-21,25H,1-8H2. The average molecular weight is 470 g/mol. The number of aliphatic hydroxyl groups excluding tert-OH is 3. The highest BCUT2D eigenvalue weighted by atomic mass is 35.5. The summed E-state index contributed by atoms with van der Waals surface area (Å²) in [6.07, 6.45) is -5.57. The summed E-state index contributed by atoms with van der Waals surface area (Å²) in [6.45, 7) is -1.58. The van der Waals surface area contributed by atoms with E-state index in [1.54, 1.807) is 0 Å². The quantitative estimate of drug-likeness (QED) is 0.140. The zero-order valence-electron chi connectivity index (χ0n) is 14.8. The summed E-state index contributed by atoms with van der Waals surface area (Å²) in [5.74, 6) is -4.36. The Morgan fingerprint density at radius 2 is 1.04 bits per heavy atom. The van der Waals surface area contributed by atoms with Gasteiger partial charge < -0.3 is 34.6 Å². The molecule has 0 aromatic carbocycles. The van der Waals surface area contributed by atoms with Crippen LogP contribution in [0.1, 0.15) is 12.8 Å². The van der Waals surface area contributed by atoms with Crippen LogP contribution in [-0.2, 0) is 28.6 Å². The van der Waals surface area contributed by atoms with E-state index < -0.39 is 74.5 Å². The minimum absolute atomic E-state index is 0.217. The SMILES string of the molecule is O=C(CC(O)(CC(=O)OCC(O)CCl)C(=O)OCC(O)CCl)OCC(O)CCl. The van der Waals surface area contributed by atoms with Gasteiger partial charge in [0.1, 0.15) is 38.1 Å². The monoisotopic (exact) mass is 468 g/mol. The maximum atomic E-state index is 12.2. The Balaban J connectivity index is 5.04. The molecule has 0 spiro atoms. The first-order valence-electron chi connectivity index (χ1n) is 8.00. The number of rotatable bonds is 14. The van der Waals surface area contributed by atoms with Crippen molar-refractivity contribution in [3.8, 4) is 0 Å². The molecular weight excluding hydrogens is 447 g/mol. The molecule has 28 heavy (non-hydrogen) atoms. The third-order valence-electron chi connectivity index (χ3n) is 3.07. The fourth-order valence-electron chi connectivity index (χ4n) is 1.60. The van der Waals surface area contributed by atoms with E-state index in [9.17, 15) is 34.8 Å². The van der Waals surface area contributed by atoms with Crippen LogP contribution in [0.15, 0.2) is 0 Å². The molecule has 0 radical (unpaired) electrons. The van der Waals surface area contributed by atoms with Gasteiger partial charge in [0, 0.05) is 0 Å². The lowest BCUT2D eigenvalue weighted by molar-refractivity contribution is -0.180. The zero-order chi connectivity index (χ0) is 21.7. The summed E-state index contributed by atoms with van der Waals surface area (Å²) in [6, 6.07) is 0. The van der Waals surface area contributed by atoms with Crippen molar-refractivity contribution in [3.63, 3.8) is 0 Å². The minimum Gasteiger partial charge on any atom is -0.463 e. The number of carbonyl (C=O) groups excluding carboxylic acids is 3. The van der Waals surface area contributed by atoms with Crippen LogP contribution in [0.2, 0.25) is 0 Å². The normalized spacial score (nSPS) is 16.4. The van der Waals surface area contributed by atoms with Gasteiger partial charge in [-0.25, -0.2) is 4.79 Å². The molecule has 0 aromatic heterocycles. The Labute approximate surface area is 176 Å². The van der Waals surface area contributed by atoms with Gasteiger partial charge in [-0.3, -0.25) is 9.59 Å². The fourth-order valence-corrected chi connectivity index (χ4v) is 1.87. The van der Waals surface area contributed by atoms with Crippen molar-refractivity contribution >= 4 is 52.7 Å². The lowest BCUT2D eigenvalue weighted by atomic mass is 9.95. The van der Waals surface area contributed by atoms with Gasteiger partial charge in [0.25, 0.3) is 0 Å². The predicted octanol–water partition coefficient (Wildman–Crippen LogP) is -1.07.